The number of amides is 1. The number of hydrogen-bond acceptors (Lipinski definition) is 2. The Morgan fingerprint density at radius 1 is 1.42 bits per heavy atom. The number of H-pyrrole nitrogens is 1. The number of nitrogens with zero attached hydrogens (tertiary/aromatic N) is 1. The van der Waals surface area contributed by atoms with Crippen LogP contribution in [0.1, 0.15) is 34.2 Å². The van der Waals surface area contributed by atoms with Crippen LogP contribution >= 0.6 is 0 Å². The first kappa shape index (κ1) is 13.3. The van der Waals surface area contributed by atoms with Crippen LogP contribution in [0.4, 0.5) is 0 Å². The maximum atomic E-state index is 12.1. The van der Waals surface area contributed by atoms with Gasteiger partial charge in [0.25, 0.3) is 5.91 Å². The number of carbonyl (C=O) groups excluding carboxylic acids is 1. The van der Waals surface area contributed by atoms with Crippen LogP contribution in [0.25, 0.3) is 0 Å². The predicted octanol–water partition coefficient (Wildman–Crippen LogP) is 2.39. The summed E-state index contributed by atoms with van der Waals surface area (Å²) in [4.78, 5) is 19.4. The molecule has 2 aromatic rings. The quantitative estimate of drug-likeness (QED) is 0.883. The van der Waals surface area contributed by atoms with E-state index in [-0.39, 0.29) is 11.9 Å². The van der Waals surface area contributed by atoms with Gasteiger partial charge in [-0.3, -0.25) is 9.78 Å². The highest BCUT2D eigenvalue weighted by atomic mass is 16.1. The minimum Gasteiger partial charge on any atom is -0.365 e. The van der Waals surface area contributed by atoms with E-state index in [2.05, 4.69) is 15.3 Å². The standard InChI is InChI=1S/C15H19N3O/c1-10-5-4-7-17-14(10)9-11(2)18-15(19)13-6-8-16-12(13)3/h4-8,11,16H,9H2,1-3H3,(H,18,19)/t11-/m1/s1. The normalized spacial score (nSPS) is 12.2. The van der Waals surface area contributed by atoms with Gasteiger partial charge in [0.1, 0.15) is 0 Å². The molecular weight excluding hydrogens is 238 g/mol. The van der Waals surface area contributed by atoms with Gasteiger partial charge in [-0.2, -0.15) is 0 Å². The molecule has 4 nitrogen and oxygen atoms in total. The Hall–Kier alpha value is -2.10. The lowest BCUT2D eigenvalue weighted by Crippen LogP contribution is -2.34. The van der Waals surface area contributed by atoms with E-state index in [1.54, 1.807) is 18.5 Å². The summed E-state index contributed by atoms with van der Waals surface area (Å²) in [5, 5.41) is 3.00. The van der Waals surface area contributed by atoms with Gasteiger partial charge in [-0.15, -0.1) is 0 Å². The van der Waals surface area contributed by atoms with Crippen molar-refractivity contribution < 1.29 is 4.79 Å². The third kappa shape index (κ3) is 3.22. The van der Waals surface area contributed by atoms with Crippen LogP contribution in [-0.2, 0) is 6.42 Å². The molecule has 0 unspecified atom stereocenters. The fourth-order valence-electron chi connectivity index (χ4n) is 2.07. The predicted molar refractivity (Wildman–Crippen MR) is 75.1 cm³/mol. The SMILES string of the molecule is Cc1cccnc1C[C@@H](C)NC(=O)c1cc[nH]c1C. The third-order valence-corrected chi connectivity index (χ3v) is 3.19. The van der Waals surface area contributed by atoms with Crippen molar-refractivity contribution in [1.82, 2.24) is 15.3 Å². The number of aryl methyl sites for hydroxylation is 2. The van der Waals surface area contributed by atoms with E-state index in [1.807, 2.05) is 32.9 Å². The van der Waals surface area contributed by atoms with Gasteiger partial charge < -0.3 is 10.3 Å². The second-order valence-corrected chi connectivity index (χ2v) is 4.86. The molecule has 2 aromatic heterocycles. The van der Waals surface area contributed by atoms with Gasteiger partial charge in [0.2, 0.25) is 0 Å². The highest BCUT2D eigenvalue weighted by Gasteiger charge is 2.13. The van der Waals surface area contributed by atoms with Crippen molar-refractivity contribution >= 4 is 5.91 Å². The Morgan fingerprint density at radius 2 is 2.21 bits per heavy atom. The summed E-state index contributed by atoms with van der Waals surface area (Å²) in [6.07, 6.45) is 4.30. The molecule has 0 radical (unpaired) electrons. The first-order valence-electron chi connectivity index (χ1n) is 6.43. The van der Waals surface area contributed by atoms with E-state index < -0.39 is 0 Å². The summed E-state index contributed by atoms with van der Waals surface area (Å²) in [6.45, 7) is 5.92. The highest BCUT2D eigenvalue weighted by Crippen LogP contribution is 2.08. The van der Waals surface area contributed by atoms with Gasteiger partial charge in [0.15, 0.2) is 0 Å². The molecule has 1 amide bonds. The molecule has 0 fully saturated rings. The summed E-state index contributed by atoms with van der Waals surface area (Å²) in [5.41, 5.74) is 3.77. The number of carbonyl (C=O) groups is 1. The third-order valence-electron chi connectivity index (χ3n) is 3.19. The van der Waals surface area contributed by atoms with Crippen LogP contribution in [0.2, 0.25) is 0 Å². The van der Waals surface area contributed by atoms with Gasteiger partial charge in [0, 0.05) is 36.2 Å². The second kappa shape index (κ2) is 5.69. The zero-order valence-corrected chi connectivity index (χ0v) is 11.5. The minimum absolute atomic E-state index is 0.0418. The number of hydrogen-bond donors (Lipinski definition) is 2. The van der Waals surface area contributed by atoms with E-state index in [0.717, 1.165) is 23.4 Å². The van der Waals surface area contributed by atoms with Gasteiger partial charge in [0.05, 0.1) is 5.56 Å². The van der Waals surface area contributed by atoms with Crippen molar-refractivity contribution in [2.75, 3.05) is 0 Å². The number of rotatable bonds is 4. The monoisotopic (exact) mass is 257 g/mol. The molecule has 0 bridgehead atoms. The number of aromatic amines is 1. The average molecular weight is 257 g/mol. The summed E-state index contributed by atoms with van der Waals surface area (Å²) >= 11 is 0. The lowest BCUT2D eigenvalue weighted by molar-refractivity contribution is 0.0939. The van der Waals surface area contributed by atoms with Crippen molar-refractivity contribution in [2.24, 2.45) is 0 Å². The van der Waals surface area contributed by atoms with Crippen molar-refractivity contribution in [3.05, 3.63) is 53.1 Å². The Labute approximate surface area is 113 Å². The van der Waals surface area contributed by atoms with Crippen LogP contribution in [-0.4, -0.2) is 21.9 Å². The minimum atomic E-state index is -0.0418. The molecular formula is C15H19N3O. The van der Waals surface area contributed by atoms with Gasteiger partial charge in [-0.1, -0.05) is 6.07 Å². The smallest absolute Gasteiger partial charge is 0.253 e. The summed E-state index contributed by atoms with van der Waals surface area (Å²) in [5.74, 6) is -0.0418. The molecule has 2 rings (SSSR count). The molecule has 100 valence electrons. The molecule has 1 atom stereocenters. The number of pyridine rings is 1. The van der Waals surface area contributed by atoms with Crippen LogP contribution in [0.5, 0.6) is 0 Å². The van der Waals surface area contributed by atoms with E-state index in [1.165, 1.54) is 0 Å². The fourth-order valence-corrected chi connectivity index (χ4v) is 2.07. The highest BCUT2D eigenvalue weighted by molar-refractivity contribution is 5.95. The van der Waals surface area contributed by atoms with E-state index in [9.17, 15) is 4.79 Å². The van der Waals surface area contributed by atoms with E-state index in [0.29, 0.717) is 5.56 Å². The van der Waals surface area contributed by atoms with Crippen molar-refractivity contribution in [2.45, 2.75) is 33.2 Å². The summed E-state index contributed by atoms with van der Waals surface area (Å²) in [6, 6.07) is 5.80. The van der Waals surface area contributed by atoms with Crippen LogP contribution in [0.15, 0.2) is 30.6 Å². The van der Waals surface area contributed by atoms with Crippen molar-refractivity contribution in [3.63, 3.8) is 0 Å². The van der Waals surface area contributed by atoms with E-state index in [4.69, 9.17) is 0 Å². The molecule has 19 heavy (non-hydrogen) atoms. The molecule has 0 saturated heterocycles. The second-order valence-electron chi connectivity index (χ2n) is 4.86. The fraction of sp³-hybridized carbons (Fsp3) is 0.333. The summed E-state index contributed by atoms with van der Waals surface area (Å²) < 4.78 is 0. The lowest BCUT2D eigenvalue weighted by Gasteiger charge is -2.14. The molecule has 0 aliphatic carbocycles. The molecule has 4 heteroatoms. The average Bonchev–Trinajstić information content (AvgIpc) is 2.78. The molecule has 0 aromatic carbocycles. The van der Waals surface area contributed by atoms with Gasteiger partial charge in [-0.25, -0.2) is 0 Å². The molecule has 0 spiro atoms. The maximum Gasteiger partial charge on any atom is 0.253 e. The maximum absolute atomic E-state index is 12.1. The molecule has 2 N–H and O–H groups in total. The van der Waals surface area contributed by atoms with Crippen LogP contribution in [0.3, 0.4) is 0 Å². The van der Waals surface area contributed by atoms with E-state index >= 15 is 0 Å². The molecule has 0 aliphatic heterocycles. The van der Waals surface area contributed by atoms with Crippen LogP contribution in [0, 0.1) is 13.8 Å². The van der Waals surface area contributed by atoms with Gasteiger partial charge >= 0.3 is 0 Å². The first-order valence-corrected chi connectivity index (χ1v) is 6.43. The zero-order valence-electron chi connectivity index (χ0n) is 11.5. The van der Waals surface area contributed by atoms with Crippen LogP contribution < -0.4 is 5.32 Å². The number of nitrogens with one attached hydrogen (secondary N) is 2. The lowest BCUT2D eigenvalue weighted by atomic mass is 10.1. The molecule has 0 aliphatic rings. The molecule has 2 heterocycles. The van der Waals surface area contributed by atoms with Crippen molar-refractivity contribution in [3.8, 4) is 0 Å². The zero-order chi connectivity index (χ0) is 13.8. The Bertz CT molecular complexity index is 574. The Kier molecular flexibility index (Phi) is 4.00. The Balaban J connectivity index is 1.99. The summed E-state index contributed by atoms with van der Waals surface area (Å²) in [7, 11) is 0. The van der Waals surface area contributed by atoms with Crippen molar-refractivity contribution in [1.29, 1.82) is 0 Å². The molecule has 0 saturated carbocycles. The topological polar surface area (TPSA) is 57.8 Å². The number of aromatic nitrogens is 2. The van der Waals surface area contributed by atoms with Gasteiger partial charge in [-0.05, 0) is 38.5 Å². The Morgan fingerprint density at radius 3 is 2.84 bits per heavy atom. The largest absolute Gasteiger partial charge is 0.365 e. The first-order chi connectivity index (χ1) is 9.08.